The highest BCUT2D eigenvalue weighted by atomic mass is 16.4. The van der Waals surface area contributed by atoms with Gasteiger partial charge in [-0.25, -0.2) is 4.98 Å². The number of aromatic nitrogens is 2. The molecule has 1 aliphatic heterocycles. The maximum atomic E-state index is 14.0. The number of Topliss-reactive ketones (excluding diaryl/α,β-unsaturated/α-hetero) is 2. The molecule has 15 heteroatoms. The number of carboxylic acids is 1. The number of hydrogen-bond acceptors (Lipinski definition) is 9. The summed E-state index contributed by atoms with van der Waals surface area (Å²) in [6, 6.07) is 6.40. The van der Waals surface area contributed by atoms with Gasteiger partial charge in [0.1, 0.15) is 12.1 Å². The number of carboxylic acid groups (broad SMARTS) is 1. The third-order valence-electron chi connectivity index (χ3n) is 9.50. The summed E-state index contributed by atoms with van der Waals surface area (Å²) in [6.45, 7) is 6.70. The number of benzene rings is 1. The van der Waals surface area contributed by atoms with Gasteiger partial charge in [0.2, 0.25) is 23.6 Å². The number of amides is 4. The number of nitrogens with one attached hydrogen (secondary N) is 2. The zero-order valence-corrected chi connectivity index (χ0v) is 30.3. The smallest absolute Gasteiger partial charge is 0.303 e. The molecular formula is C37H52N6O9. The number of ketones is 2. The molecule has 0 unspecified atom stereocenters. The van der Waals surface area contributed by atoms with Gasteiger partial charge in [-0.1, -0.05) is 51.1 Å². The zero-order valence-electron chi connectivity index (χ0n) is 30.3. The lowest BCUT2D eigenvalue weighted by Crippen LogP contribution is -2.52. The van der Waals surface area contributed by atoms with Crippen molar-refractivity contribution in [2.45, 2.75) is 97.3 Å². The quantitative estimate of drug-likeness (QED) is 0.124. The number of carbonyl (C=O) groups excluding carboxylic acids is 6. The summed E-state index contributed by atoms with van der Waals surface area (Å²) in [7, 11) is 0. The lowest BCUT2D eigenvalue weighted by atomic mass is 9.85. The van der Waals surface area contributed by atoms with Crippen LogP contribution in [-0.4, -0.2) is 97.1 Å². The number of nitrogens with zero attached hydrogens (tertiary/aromatic N) is 3. The van der Waals surface area contributed by atoms with E-state index >= 15 is 0 Å². The zero-order chi connectivity index (χ0) is 38.5. The number of primary amides is 1. The van der Waals surface area contributed by atoms with Crippen LogP contribution < -0.4 is 16.4 Å². The summed E-state index contributed by atoms with van der Waals surface area (Å²) < 4.78 is 1.83. The van der Waals surface area contributed by atoms with E-state index in [4.69, 9.17) is 5.73 Å². The van der Waals surface area contributed by atoms with Gasteiger partial charge in [-0.3, -0.25) is 33.6 Å². The Morgan fingerprint density at radius 3 is 2.23 bits per heavy atom. The van der Waals surface area contributed by atoms with Gasteiger partial charge in [-0.2, -0.15) is 0 Å². The third-order valence-corrected chi connectivity index (χ3v) is 9.50. The molecule has 6 atom stereocenters. The van der Waals surface area contributed by atoms with Crippen LogP contribution in [0.25, 0.3) is 0 Å². The van der Waals surface area contributed by atoms with Crippen LogP contribution in [-0.2, 0) is 46.5 Å². The first kappa shape index (κ1) is 41.5. The van der Waals surface area contributed by atoms with E-state index in [-0.39, 0.29) is 31.1 Å². The number of rotatable bonds is 21. The van der Waals surface area contributed by atoms with Crippen molar-refractivity contribution in [1.82, 2.24) is 25.1 Å². The lowest BCUT2D eigenvalue weighted by molar-refractivity contribution is -0.140. The van der Waals surface area contributed by atoms with Gasteiger partial charge in [0.25, 0.3) is 0 Å². The fourth-order valence-corrected chi connectivity index (χ4v) is 6.64. The van der Waals surface area contributed by atoms with Crippen molar-refractivity contribution in [3.05, 3.63) is 54.1 Å². The van der Waals surface area contributed by atoms with Crippen molar-refractivity contribution < 1.29 is 43.8 Å². The molecule has 0 radical (unpaired) electrons. The van der Waals surface area contributed by atoms with Crippen molar-refractivity contribution in [2.24, 2.45) is 29.4 Å². The number of hydrogen-bond donors (Lipinski definition) is 5. The van der Waals surface area contributed by atoms with E-state index in [0.717, 1.165) is 5.56 Å². The fourth-order valence-electron chi connectivity index (χ4n) is 6.64. The molecule has 284 valence electrons. The molecule has 0 aliphatic carbocycles. The standard InChI is InChI=1S/C37H52N6O9/c1-22(2)13-29(40-37(52)31-11-8-12-43(31)24(4)45)32(46)16-26(15-27-18-39-21-42(27)19-25-9-6-5-7-10-25)36(51)41-30(20-44)33(47)17-28(35(38)50)23(3)14-34(48)49/h5-7,9-10,18,21-23,26,28-31,44H,8,11-17,19-20H2,1-4H3,(H2,38,50)(H,40,52)(H,41,51)(H,48,49)/t23-,26+,28-,29-,30-,31-/m0/s1. The average molecular weight is 725 g/mol. The Morgan fingerprint density at radius 2 is 1.63 bits per heavy atom. The summed E-state index contributed by atoms with van der Waals surface area (Å²) in [5.74, 6) is -7.66. The number of aliphatic carboxylic acids is 1. The van der Waals surface area contributed by atoms with Gasteiger partial charge in [0.05, 0.1) is 24.9 Å². The van der Waals surface area contributed by atoms with Gasteiger partial charge < -0.3 is 36.0 Å². The summed E-state index contributed by atoms with van der Waals surface area (Å²) >= 11 is 0. The highest BCUT2D eigenvalue weighted by Crippen LogP contribution is 2.23. The molecule has 1 fully saturated rings. The number of nitrogens with two attached hydrogens (primary N) is 1. The van der Waals surface area contributed by atoms with E-state index in [1.165, 1.54) is 18.7 Å². The van der Waals surface area contributed by atoms with E-state index in [2.05, 4.69) is 15.6 Å². The predicted octanol–water partition coefficient (Wildman–Crippen LogP) is 1.24. The normalized spacial score (nSPS) is 17.1. The van der Waals surface area contributed by atoms with Crippen LogP contribution in [0.1, 0.15) is 77.5 Å². The SMILES string of the molecule is CC(=O)N1CCC[C@H]1C(=O)N[C@@H](CC(C)C)C(=O)C[C@@H](Cc1cncn1Cc1ccccc1)C(=O)N[C@@H](CO)C(=O)C[C@H](C(N)=O)[C@@H](C)CC(=O)O. The molecule has 0 spiro atoms. The molecule has 1 aromatic heterocycles. The Kier molecular flexibility index (Phi) is 15.7. The molecule has 1 aliphatic rings. The van der Waals surface area contributed by atoms with E-state index < -0.39 is 90.6 Å². The first-order valence-corrected chi connectivity index (χ1v) is 17.7. The average Bonchev–Trinajstić information content (AvgIpc) is 3.75. The first-order chi connectivity index (χ1) is 24.6. The van der Waals surface area contributed by atoms with Crippen molar-refractivity contribution in [3.8, 4) is 0 Å². The van der Waals surface area contributed by atoms with Gasteiger partial charge in [0, 0.05) is 63.5 Å². The van der Waals surface area contributed by atoms with Crippen LogP contribution >= 0.6 is 0 Å². The number of imidazole rings is 1. The van der Waals surface area contributed by atoms with Gasteiger partial charge >= 0.3 is 5.97 Å². The molecule has 2 aromatic rings. The van der Waals surface area contributed by atoms with E-state index in [0.29, 0.717) is 31.6 Å². The van der Waals surface area contributed by atoms with Gasteiger partial charge in [-0.15, -0.1) is 0 Å². The Labute approximate surface area is 303 Å². The molecule has 3 rings (SSSR count). The topological polar surface area (TPSA) is 231 Å². The molecule has 4 amide bonds. The molecule has 2 heterocycles. The Bertz CT molecular complexity index is 1580. The van der Waals surface area contributed by atoms with Crippen molar-refractivity contribution >= 4 is 41.2 Å². The molecule has 1 aromatic carbocycles. The number of likely N-dealkylation sites (tertiary alicyclic amines) is 1. The highest BCUT2D eigenvalue weighted by Gasteiger charge is 2.37. The van der Waals surface area contributed by atoms with Crippen LogP contribution in [0.15, 0.2) is 42.9 Å². The fraction of sp³-hybridized carbons (Fsp3) is 0.568. The second-order valence-corrected chi connectivity index (χ2v) is 14.1. The van der Waals surface area contributed by atoms with Gasteiger partial charge in [0.15, 0.2) is 11.6 Å². The minimum Gasteiger partial charge on any atom is -0.481 e. The monoisotopic (exact) mass is 724 g/mol. The summed E-state index contributed by atoms with van der Waals surface area (Å²) in [5, 5.41) is 24.7. The molecule has 6 N–H and O–H groups in total. The summed E-state index contributed by atoms with van der Waals surface area (Å²) in [5.41, 5.74) is 7.07. The van der Waals surface area contributed by atoms with E-state index in [1.54, 1.807) is 12.5 Å². The van der Waals surface area contributed by atoms with Crippen molar-refractivity contribution in [1.29, 1.82) is 0 Å². The highest BCUT2D eigenvalue weighted by molar-refractivity contribution is 5.96. The number of aliphatic hydroxyl groups excluding tert-OH is 1. The first-order valence-electron chi connectivity index (χ1n) is 17.7. The summed E-state index contributed by atoms with van der Waals surface area (Å²) in [4.78, 5) is 95.9. The molecule has 15 nitrogen and oxygen atoms in total. The maximum absolute atomic E-state index is 14.0. The Morgan fingerprint density at radius 1 is 0.962 bits per heavy atom. The predicted molar refractivity (Wildman–Crippen MR) is 189 cm³/mol. The number of aliphatic hydroxyl groups is 1. The summed E-state index contributed by atoms with van der Waals surface area (Å²) in [6.07, 6.45) is 3.32. The maximum Gasteiger partial charge on any atom is 0.303 e. The Hall–Kier alpha value is -4.92. The van der Waals surface area contributed by atoms with E-state index in [9.17, 15) is 43.8 Å². The second kappa shape index (κ2) is 19.6. The Balaban J connectivity index is 1.88. The van der Waals surface area contributed by atoms with Crippen LogP contribution in [0.4, 0.5) is 0 Å². The van der Waals surface area contributed by atoms with Crippen LogP contribution in [0.2, 0.25) is 0 Å². The molecule has 0 bridgehead atoms. The molecule has 1 saturated heterocycles. The molecule has 52 heavy (non-hydrogen) atoms. The minimum atomic E-state index is -1.47. The third kappa shape index (κ3) is 12.1. The van der Waals surface area contributed by atoms with E-state index in [1.807, 2.05) is 48.7 Å². The van der Waals surface area contributed by atoms with Crippen LogP contribution in [0.3, 0.4) is 0 Å². The minimum absolute atomic E-state index is 0.0133. The van der Waals surface area contributed by atoms with Crippen molar-refractivity contribution in [2.75, 3.05) is 13.2 Å². The van der Waals surface area contributed by atoms with Gasteiger partial charge in [-0.05, 0) is 36.7 Å². The second-order valence-electron chi connectivity index (χ2n) is 14.1. The van der Waals surface area contributed by atoms with Crippen molar-refractivity contribution in [3.63, 3.8) is 0 Å². The number of carbonyl (C=O) groups is 7. The lowest BCUT2D eigenvalue weighted by Gasteiger charge is -2.27. The molecule has 0 saturated carbocycles. The molecular weight excluding hydrogens is 672 g/mol. The largest absolute Gasteiger partial charge is 0.481 e. The van der Waals surface area contributed by atoms with Crippen LogP contribution in [0.5, 0.6) is 0 Å². The van der Waals surface area contributed by atoms with Crippen LogP contribution in [0, 0.1) is 23.7 Å².